The summed E-state index contributed by atoms with van der Waals surface area (Å²) in [6, 6.07) is 14.5. The molecule has 2 N–H and O–H groups in total. The van der Waals surface area contributed by atoms with E-state index < -0.39 is 5.41 Å². The molecule has 24 heavy (non-hydrogen) atoms. The summed E-state index contributed by atoms with van der Waals surface area (Å²) < 4.78 is 0. The highest BCUT2D eigenvalue weighted by Crippen LogP contribution is 2.36. The summed E-state index contributed by atoms with van der Waals surface area (Å²) in [6.07, 6.45) is 5.40. The lowest BCUT2D eigenvalue weighted by molar-refractivity contribution is -0.124. The molecule has 0 bridgehead atoms. The molecule has 0 aromatic heterocycles. The van der Waals surface area contributed by atoms with Crippen LogP contribution in [-0.4, -0.2) is 30.4 Å². The van der Waals surface area contributed by atoms with Gasteiger partial charge in [-0.3, -0.25) is 4.79 Å². The molecule has 1 unspecified atom stereocenters. The van der Waals surface area contributed by atoms with Crippen LogP contribution in [0.5, 0.6) is 0 Å². The Bertz CT molecular complexity index is 701. The molecule has 1 fully saturated rings. The van der Waals surface area contributed by atoms with Crippen LogP contribution in [0, 0.1) is 0 Å². The second-order valence-electron chi connectivity index (χ2n) is 6.98. The summed E-state index contributed by atoms with van der Waals surface area (Å²) in [6.45, 7) is 5.32. The number of benzene rings is 2. The molecule has 0 aliphatic carbocycles. The highest BCUT2D eigenvalue weighted by atomic mass is 16.1. The monoisotopic (exact) mass is 324 g/mol. The molecule has 2 aromatic rings. The van der Waals surface area contributed by atoms with Crippen molar-refractivity contribution in [3.05, 3.63) is 48.0 Å². The fourth-order valence-corrected chi connectivity index (χ4v) is 4.11. The summed E-state index contributed by atoms with van der Waals surface area (Å²) in [5, 5.41) is 2.33. The average molecular weight is 324 g/mol. The number of likely N-dealkylation sites (tertiary alicyclic amines) is 1. The average Bonchev–Trinajstić information content (AvgIpc) is 2.63. The molecule has 3 rings (SSSR count). The van der Waals surface area contributed by atoms with Crippen molar-refractivity contribution in [2.45, 2.75) is 44.4 Å². The molecule has 1 aliphatic heterocycles. The zero-order valence-electron chi connectivity index (χ0n) is 14.6. The molecule has 0 radical (unpaired) electrons. The third kappa shape index (κ3) is 3.18. The number of fused-ring (bicyclic) bond motifs is 1. The molecular formula is C21H28N2O. The smallest absolute Gasteiger partial charge is 0.228 e. The van der Waals surface area contributed by atoms with Crippen LogP contribution in [0.1, 0.15) is 44.6 Å². The van der Waals surface area contributed by atoms with E-state index in [2.05, 4.69) is 36.1 Å². The van der Waals surface area contributed by atoms with Crippen LogP contribution in [0.15, 0.2) is 42.5 Å². The first-order valence-corrected chi connectivity index (χ1v) is 9.18. The largest absolute Gasteiger partial charge is 0.369 e. The van der Waals surface area contributed by atoms with Crippen LogP contribution in [0.3, 0.4) is 0 Å². The fraction of sp³-hybridized carbons (Fsp3) is 0.476. The van der Waals surface area contributed by atoms with Crippen LogP contribution in [0.4, 0.5) is 0 Å². The molecule has 128 valence electrons. The Morgan fingerprint density at radius 1 is 1.08 bits per heavy atom. The number of amides is 1. The fourth-order valence-electron chi connectivity index (χ4n) is 4.11. The number of nitrogens with two attached hydrogens (primary N) is 1. The molecular weight excluding hydrogens is 296 g/mol. The molecule has 3 nitrogen and oxygen atoms in total. The van der Waals surface area contributed by atoms with E-state index in [-0.39, 0.29) is 5.91 Å². The standard InChI is InChI=1S/C21H28N2O/c1-2-21(20(22)24,13-16-23-14-6-3-7-15-23)19-12-8-10-17-9-4-5-11-18(17)19/h4-5,8-12H,2-3,6-7,13-16H2,1H3,(H2,22,24). The Labute approximate surface area is 144 Å². The van der Waals surface area contributed by atoms with E-state index in [9.17, 15) is 4.79 Å². The maximum Gasteiger partial charge on any atom is 0.228 e. The SMILES string of the molecule is CCC(CCN1CCCCC1)(C(N)=O)c1cccc2ccccc12. The van der Waals surface area contributed by atoms with Gasteiger partial charge in [0.2, 0.25) is 5.91 Å². The first-order chi connectivity index (χ1) is 11.7. The molecule has 0 saturated carbocycles. The number of carbonyl (C=O) groups is 1. The Kier molecular flexibility index (Phi) is 5.20. The summed E-state index contributed by atoms with van der Waals surface area (Å²) in [4.78, 5) is 15.1. The zero-order chi connectivity index (χ0) is 17.0. The van der Waals surface area contributed by atoms with Crippen molar-refractivity contribution in [2.75, 3.05) is 19.6 Å². The Hall–Kier alpha value is -1.87. The normalized spacial score (nSPS) is 18.4. The van der Waals surface area contributed by atoms with Gasteiger partial charge in [-0.05, 0) is 61.7 Å². The van der Waals surface area contributed by atoms with Gasteiger partial charge in [0.1, 0.15) is 0 Å². The van der Waals surface area contributed by atoms with E-state index in [1.807, 2.05) is 18.2 Å². The van der Waals surface area contributed by atoms with Gasteiger partial charge in [0, 0.05) is 0 Å². The van der Waals surface area contributed by atoms with Crippen LogP contribution < -0.4 is 5.73 Å². The molecule has 1 aliphatic rings. The third-order valence-electron chi connectivity index (χ3n) is 5.68. The second-order valence-corrected chi connectivity index (χ2v) is 6.98. The maximum absolute atomic E-state index is 12.6. The van der Waals surface area contributed by atoms with Gasteiger partial charge in [-0.25, -0.2) is 0 Å². The minimum atomic E-state index is -0.585. The van der Waals surface area contributed by atoms with Gasteiger partial charge < -0.3 is 10.6 Å². The van der Waals surface area contributed by atoms with E-state index in [0.29, 0.717) is 0 Å². The summed E-state index contributed by atoms with van der Waals surface area (Å²) in [7, 11) is 0. The number of primary amides is 1. The van der Waals surface area contributed by atoms with Crippen LogP contribution in [0.2, 0.25) is 0 Å². The lowest BCUT2D eigenvalue weighted by Crippen LogP contribution is -2.44. The molecule has 2 aromatic carbocycles. The second kappa shape index (κ2) is 7.35. The number of piperidine rings is 1. The topological polar surface area (TPSA) is 46.3 Å². The van der Waals surface area contributed by atoms with E-state index in [1.54, 1.807) is 0 Å². The van der Waals surface area contributed by atoms with Crippen molar-refractivity contribution < 1.29 is 4.79 Å². The van der Waals surface area contributed by atoms with E-state index in [4.69, 9.17) is 5.73 Å². The Balaban J connectivity index is 1.96. The van der Waals surface area contributed by atoms with Gasteiger partial charge in [-0.2, -0.15) is 0 Å². The number of hydrogen-bond acceptors (Lipinski definition) is 2. The van der Waals surface area contributed by atoms with Crippen molar-refractivity contribution in [1.82, 2.24) is 4.90 Å². The lowest BCUT2D eigenvalue weighted by atomic mass is 9.72. The van der Waals surface area contributed by atoms with Crippen LogP contribution in [-0.2, 0) is 10.2 Å². The highest BCUT2D eigenvalue weighted by molar-refractivity contribution is 5.95. The van der Waals surface area contributed by atoms with E-state index >= 15 is 0 Å². The first kappa shape index (κ1) is 17.0. The number of hydrogen-bond donors (Lipinski definition) is 1. The van der Waals surface area contributed by atoms with E-state index in [0.717, 1.165) is 43.4 Å². The zero-order valence-corrected chi connectivity index (χ0v) is 14.6. The van der Waals surface area contributed by atoms with Crippen molar-refractivity contribution >= 4 is 16.7 Å². The molecule has 1 amide bonds. The van der Waals surface area contributed by atoms with Crippen molar-refractivity contribution in [3.8, 4) is 0 Å². The van der Waals surface area contributed by atoms with E-state index in [1.165, 1.54) is 24.6 Å². The summed E-state index contributed by atoms with van der Waals surface area (Å²) >= 11 is 0. The van der Waals surface area contributed by atoms with Crippen LogP contribution >= 0.6 is 0 Å². The molecule has 1 atom stereocenters. The van der Waals surface area contributed by atoms with Gasteiger partial charge in [-0.15, -0.1) is 0 Å². The number of nitrogens with zero attached hydrogens (tertiary/aromatic N) is 1. The molecule has 3 heteroatoms. The van der Waals surface area contributed by atoms with Gasteiger partial charge in [0.05, 0.1) is 5.41 Å². The van der Waals surface area contributed by atoms with Crippen molar-refractivity contribution in [2.24, 2.45) is 5.73 Å². The highest BCUT2D eigenvalue weighted by Gasteiger charge is 2.38. The molecule has 1 saturated heterocycles. The van der Waals surface area contributed by atoms with Gasteiger partial charge in [0.15, 0.2) is 0 Å². The quantitative estimate of drug-likeness (QED) is 0.877. The Morgan fingerprint density at radius 2 is 1.79 bits per heavy atom. The predicted molar refractivity (Wildman–Crippen MR) is 100 cm³/mol. The number of rotatable bonds is 6. The van der Waals surface area contributed by atoms with Gasteiger partial charge >= 0.3 is 0 Å². The Morgan fingerprint density at radius 3 is 2.50 bits per heavy atom. The van der Waals surface area contributed by atoms with Crippen LogP contribution in [0.25, 0.3) is 10.8 Å². The third-order valence-corrected chi connectivity index (χ3v) is 5.68. The molecule has 1 heterocycles. The van der Waals surface area contributed by atoms with Gasteiger partial charge in [-0.1, -0.05) is 55.8 Å². The van der Waals surface area contributed by atoms with Crippen molar-refractivity contribution in [1.29, 1.82) is 0 Å². The maximum atomic E-state index is 12.6. The predicted octanol–water partition coefficient (Wildman–Crippen LogP) is 3.85. The summed E-state index contributed by atoms with van der Waals surface area (Å²) in [5.74, 6) is -0.196. The minimum Gasteiger partial charge on any atom is -0.369 e. The number of carbonyl (C=O) groups excluding carboxylic acids is 1. The van der Waals surface area contributed by atoms with Crippen molar-refractivity contribution in [3.63, 3.8) is 0 Å². The first-order valence-electron chi connectivity index (χ1n) is 9.18. The lowest BCUT2D eigenvalue weighted by Gasteiger charge is -2.35. The van der Waals surface area contributed by atoms with Gasteiger partial charge in [0.25, 0.3) is 0 Å². The molecule has 0 spiro atoms. The minimum absolute atomic E-state index is 0.196. The summed E-state index contributed by atoms with van der Waals surface area (Å²) in [5.41, 5.74) is 6.47.